The predicted octanol–water partition coefficient (Wildman–Crippen LogP) is 7.37. The number of methoxy groups -OCH3 is 1. The Balaban J connectivity index is 0.000000765. The van der Waals surface area contributed by atoms with E-state index in [2.05, 4.69) is 5.32 Å². The third kappa shape index (κ3) is 10.6. The number of carbonyl (C=O) groups excluding carboxylic acids is 2. The number of rotatable bonds is 9. The van der Waals surface area contributed by atoms with Crippen molar-refractivity contribution in [3.05, 3.63) is 89.2 Å². The quantitative estimate of drug-likeness (QED) is 0.196. The molecule has 1 amide bonds. The molecule has 0 spiro atoms. The lowest BCUT2D eigenvalue weighted by Crippen LogP contribution is -2.32. The number of aldehydes is 1. The minimum Gasteiger partial charge on any atom is -0.489 e. The standard InChI is InChI=1S/C30H31NO6.C5H12O/c1-30(2,3)37-29(34)31-17-20-7-6-9-23(13-20)26-15-21(14-24-16-25(18-33)36-28(24)26)19-35-27-10-5-4-8-22(27)11-12-32;1-5(2,3)6-4/h4-10,12-16,33H,11,17-19H2,1-3H3,(H,31,34);1-4H3. The Kier molecular flexibility index (Phi) is 11.5. The maximum absolute atomic E-state index is 12.1. The van der Waals surface area contributed by atoms with Crippen molar-refractivity contribution in [2.45, 2.75) is 78.9 Å². The topological polar surface area (TPSA) is 107 Å². The molecule has 0 bridgehead atoms. The van der Waals surface area contributed by atoms with Crippen LogP contribution in [0.1, 0.15) is 64.0 Å². The molecule has 1 heterocycles. The Hall–Kier alpha value is -4.14. The molecule has 2 N–H and O–H groups in total. The third-order valence-electron chi connectivity index (χ3n) is 6.24. The molecule has 0 saturated carbocycles. The molecule has 4 rings (SSSR count). The van der Waals surface area contributed by atoms with Crippen molar-refractivity contribution in [1.29, 1.82) is 0 Å². The van der Waals surface area contributed by atoms with E-state index in [1.54, 1.807) is 7.11 Å². The fourth-order valence-corrected chi connectivity index (χ4v) is 4.05. The minimum atomic E-state index is -0.572. The van der Waals surface area contributed by atoms with E-state index >= 15 is 0 Å². The van der Waals surface area contributed by atoms with Gasteiger partial charge in [0, 0.05) is 36.6 Å². The molecule has 43 heavy (non-hydrogen) atoms. The van der Waals surface area contributed by atoms with Crippen molar-refractivity contribution < 1.29 is 33.3 Å². The monoisotopic (exact) mass is 589 g/mol. The summed E-state index contributed by atoms with van der Waals surface area (Å²) in [4.78, 5) is 23.1. The van der Waals surface area contributed by atoms with E-state index in [-0.39, 0.29) is 18.6 Å². The van der Waals surface area contributed by atoms with Crippen LogP contribution in [0.2, 0.25) is 0 Å². The Bertz CT molecular complexity index is 1510. The number of nitrogens with one attached hydrogen (secondary N) is 1. The summed E-state index contributed by atoms with van der Waals surface area (Å²) in [5.41, 5.74) is 4.51. The van der Waals surface area contributed by atoms with Crippen molar-refractivity contribution in [2.24, 2.45) is 0 Å². The number of aliphatic hydroxyl groups is 1. The van der Waals surface area contributed by atoms with Gasteiger partial charge in [-0.15, -0.1) is 0 Å². The maximum Gasteiger partial charge on any atom is 0.407 e. The fraction of sp³-hybridized carbons (Fsp3) is 0.371. The summed E-state index contributed by atoms with van der Waals surface area (Å²) in [6.45, 7) is 11.9. The van der Waals surface area contributed by atoms with Gasteiger partial charge >= 0.3 is 6.09 Å². The molecular formula is C35H43NO7. The van der Waals surface area contributed by atoms with Crippen LogP contribution in [0.5, 0.6) is 5.75 Å². The molecular weight excluding hydrogens is 546 g/mol. The minimum absolute atomic E-state index is 0.0417. The molecule has 0 aliphatic rings. The number of hydrogen-bond acceptors (Lipinski definition) is 7. The first kappa shape index (κ1) is 33.4. The predicted molar refractivity (Wildman–Crippen MR) is 168 cm³/mol. The normalized spacial score (nSPS) is 11.4. The van der Waals surface area contributed by atoms with Gasteiger partial charge in [0.05, 0.1) is 5.60 Å². The van der Waals surface area contributed by atoms with E-state index in [0.717, 1.165) is 39.5 Å². The summed E-state index contributed by atoms with van der Waals surface area (Å²) in [5.74, 6) is 1.13. The van der Waals surface area contributed by atoms with Crippen molar-refractivity contribution in [1.82, 2.24) is 5.32 Å². The molecule has 0 aliphatic heterocycles. The second-order valence-corrected chi connectivity index (χ2v) is 12.1. The van der Waals surface area contributed by atoms with Crippen molar-refractivity contribution in [3.8, 4) is 16.9 Å². The zero-order valence-electron chi connectivity index (χ0n) is 26.2. The number of para-hydroxylation sites is 1. The number of hydrogen-bond donors (Lipinski definition) is 2. The molecule has 1 aromatic heterocycles. The van der Waals surface area contributed by atoms with Gasteiger partial charge in [0.15, 0.2) is 0 Å². The average Bonchev–Trinajstić information content (AvgIpc) is 3.38. The van der Waals surface area contributed by atoms with Gasteiger partial charge in [-0.3, -0.25) is 0 Å². The first-order valence-electron chi connectivity index (χ1n) is 14.2. The van der Waals surface area contributed by atoms with Gasteiger partial charge in [-0.25, -0.2) is 4.79 Å². The van der Waals surface area contributed by atoms with Crippen LogP contribution in [-0.4, -0.2) is 35.8 Å². The molecule has 3 aromatic carbocycles. The lowest BCUT2D eigenvalue weighted by atomic mass is 9.99. The van der Waals surface area contributed by atoms with Crippen LogP contribution in [0, 0.1) is 0 Å². The first-order chi connectivity index (χ1) is 20.3. The van der Waals surface area contributed by atoms with Crippen LogP contribution < -0.4 is 10.1 Å². The van der Waals surface area contributed by atoms with Crippen molar-refractivity contribution in [3.63, 3.8) is 0 Å². The molecule has 8 nitrogen and oxygen atoms in total. The van der Waals surface area contributed by atoms with E-state index < -0.39 is 11.7 Å². The van der Waals surface area contributed by atoms with Crippen LogP contribution in [-0.2, 0) is 40.4 Å². The maximum atomic E-state index is 12.1. The number of ether oxygens (including phenoxy) is 3. The van der Waals surface area contributed by atoms with Crippen LogP contribution in [0.25, 0.3) is 22.1 Å². The highest BCUT2D eigenvalue weighted by Gasteiger charge is 2.17. The van der Waals surface area contributed by atoms with Gasteiger partial charge in [-0.1, -0.05) is 36.4 Å². The summed E-state index contributed by atoms with van der Waals surface area (Å²) >= 11 is 0. The lowest BCUT2D eigenvalue weighted by Gasteiger charge is -2.19. The number of carbonyl (C=O) groups is 2. The van der Waals surface area contributed by atoms with Crippen LogP contribution in [0.3, 0.4) is 0 Å². The van der Waals surface area contributed by atoms with E-state index in [4.69, 9.17) is 18.6 Å². The van der Waals surface area contributed by atoms with Crippen molar-refractivity contribution in [2.75, 3.05) is 7.11 Å². The summed E-state index contributed by atoms with van der Waals surface area (Å²) < 4.78 is 22.3. The van der Waals surface area contributed by atoms with E-state index in [1.807, 2.05) is 108 Å². The molecule has 230 valence electrons. The third-order valence-corrected chi connectivity index (χ3v) is 6.24. The first-order valence-corrected chi connectivity index (χ1v) is 14.2. The second kappa shape index (κ2) is 14.8. The highest BCUT2D eigenvalue weighted by Crippen LogP contribution is 2.34. The zero-order valence-corrected chi connectivity index (χ0v) is 26.2. The Morgan fingerprint density at radius 3 is 2.30 bits per heavy atom. The number of benzene rings is 3. The summed E-state index contributed by atoms with van der Waals surface area (Å²) in [5, 5.41) is 13.3. The van der Waals surface area contributed by atoms with E-state index in [9.17, 15) is 14.7 Å². The number of aliphatic hydroxyl groups excluding tert-OH is 1. The van der Waals surface area contributed by atoms with Gasteiger partial charge < -0.3 is 33.8 Å². The number of amides is 1. The lowest BCUT2D eigenvalue weighted by molar-refractivity contribution is -0.107. The summed E-state index contributed by atoms with van der Waals surface area (Å²) in [6.07, 6.45) is 0.665. The van der Waals surface area contributed by atoms with Gasteiger partial charge in [0.1, 0.15) is 42.2 Å². The van der Waals surface area contributed by atoms with Gasteiger partial charge in [-0.2, -0.15) is 0 Å². The Labute approximate surface area is 254 Å². The molecule has 0 radical (unpaired) electrons. The largest absolute Gasteiger partial charge is 0.489 e. The van der Waals surface area contributed by atoms with Gasteiger partial charge in [0.2, 0.25) is 0 Å². The zero-order chi connectivity index (χ0) is 31.6. The van der Waals surface area contributed by atoms with Gasteiger partial charge in [0.25, 0.3) is 0 Å². The van der Waals surface area contributed by atoms with E-state index in [0.29, 0.717) is 30.2 Å². The molecule has 0 saturated heterocycles. The van der Waals surface area contributed by atoms with Crippen molar-refractivity contribution >= 4 is 23.3 Å². The molecule has 8 heteroatoms. The van der Waals surface area contributed by atoms with E-state index in [1.165, 1.54) is 0 Å². The number of furan rings is 1. The highest BCUT2D eigenvalue weighted by atomic mass is 16.6. The average molecular weight is 590 g/mol. The Morgan fingerprint density at radius 1 is 0.930 bits per heavy atom. The summed E-state index contributed by atoms with van der Waals surface area (Å²) in [6, 6.07) is 21.1. The number of alkyl carbamates (subject to hydrolysis) is 1. The molecule has 4 aromatic rings. The fourth-order valence-electron chi connectivity index (χ4n) is 4.05. The molecule has 0 atom stereocenters. The smallest absolute Gasteiger partial charge is 0.407 e. The highest BCUT2D eigenvalue weighted by molar-refractivity contribution is 5.93. The number of fused-ring (bicyclic) bond motifs is 1. The molecule has 0 unspecified atom stereocenters. The molecule has 0 aliphatic carbocycles. The van der Waals surface area contributed by atoms with Crippen LogP contribution in [0.4, 0.5) is 4.79 Å². The Morgan fingerprint density at radius 2 is 1.65 bits per heavy atom. The van der Waals surface area contributed by atoms with Crippen LogP contribution in [0.15, 0.2) is 71.1 Å². The summed E-state index contributed by atoms with van der Waals surface area (Å²) in [7, 11) is 1.71. The van der Waals surface area contributed by atoms with Gasteiger partial charge in [-0.05, 0) is 88.6 Å². The second-order valence-electron chi connectivity index (χ2n) is 12.1. The SMILES string of the molecule is CC(C)(C)OC(=O)NCc1cccc(-c2cc(COc3ccccc3CC=O)cc3cc(CO)oc23)c1.COC(C)(C)C. The van der Waals surface area contributed by atoms with Crippen LogP contribution >= 0.6 is 0 Å². The molecule has 0 fully saturated rings.